The summed E-state index contributed by atoms with van der Waals surface area (Å²) in [5.74, 6) is -0.0748. The average molecular weight is 289 g/mol. The Morgan fingerprint density at radius 2 is 1.70 bits per heavy atom. The van der Waals surface area contributed by atoms with Gasteiger partial charge in [-0.2, -0.15) is 0 Å². The summed E-state index contributed by atoms with van der Waals surface area (Å²) < 4.78 is 0. The first-order chi connectivity index (χ1) is 9.61. The Balaban J connectivity index is 2.48. The van der Waals surface area contributed by atoms with Gasteiger partial charge in [0.05, 0.1) is 4.91 Å². The number of fused-ring (bicyclic) bond motifs is 1. The third-order valence-corrected chi connectivity index (χ3v) is 4.27. The number of ketones is 2. The molecule has 0 aromatic heterocycles. The van der Waals surface area contributed by atoms with E-state index in [4.69, 9.17) is 0 Å². The first kappa shape index (κ1) is 14.9. The molecule has 20 heavy (non-hydrogen) atoms. The van der Waals surface area contributed by atoms with Gasteiger partial charge in [0.1, 0.15) is 5.70 Å². The Hall–Kier alpha value is -1.55. The van der Waals surface area contributed by atoms with Gasteiger partial charge < -0.3 is 4.90 Å². The van der Waals surface area contributed by atoms with Gasteiger partial charge in [0.15, 0.2) is 0 Å². The second-order valence-electron chi connectivity index (χ2n) is 4.86. The van der Waals surface area contributed by atoms with Crippen molar-refractivity contribution in [2.75, 3.05) is 19.8 Å². The van der Waals surface area contributed by atoms with Crippen molar-refractivity contribution in [3.8, 4) is 0 Å². The van der Waals surface area contributed by atoms with Crippen LogP contribution >= 0.6 is 11.8 Å². The third-order valence-electron chi connectivity index (χ3n) is 3.49. The normalized spacial score (nSPS) is 14.6. The van der Waals surface area contributed by atoms with Crippen molar-refractivity contribution >= 4 is 23.3 Å². The standard InChI is InChI=1S/C16H19NO2S/c1-4-5-10-17(2)13-14(18)11-8-6-7-9-12(11)15(19)16(13)20-3/h6-9H,4-5,10H2,1-3H3. The first-order valence-corrected chi connectivity index (χ1v) is 8.02. The largest absolute Gasteiger partial charge is 0.370 e. The van der Waals surface area contributed by atoms with Gasteiger partial charge in [-0.25, -0.2) is 0 Å². The van der Waals surface area contributed by atoms with Gasteiger partial charge in [-0.1, -0.05) is 37.6 Å². The van der Waals surface area contributed by atoms with E-state index in [0.29, 0.717) is 21.7 Å². The zero-order valence-corrected chi connectivity index (χ0v) is 12.9. The van der Waals surface area contributed by atoms with Gasteiger partial charge in [0, 0.05) is 24.7 Å². The van der Waals surface area contributed by atoms with E-state index in [1.807, 2.05) is 18.2 Å². The van der Waals surface area contributed by atoms with Crippen LogP contribution in [0.1, 0.15) is 40.5 Å². The molecule has 1 aromatic carbocycles. The predicted molar refractivity (Wildman–Crippen MR) is 83.2 cm³/mol. The lowest BCUT2D eigenvalue weighted by atomic mass is 9.92. The molecule has 0 heterocycles. The Morgan fingerprint density at radius 1 is 1.10 bits per heavy atom. The van der Waals surface area contributed by atoms with Gasteiger partial charge in [-0.05, 0) is 12.7 Å². The molecule has 106 valence electrons. The minimum atomic E-state index is -0.0387. The molecule has 2 rings (SSSR count). The van der Waals surface area contributed by atoms with Crippen LogP contribution < -0.4 is 0 Å². The summed E-state index contributed by atoms with van der Waals surface area (Å²) in [4.78, 5) is 27.7. The number of carbonyl (C=O) groups is 2. The Bertz CT molecular complexity index is 578. The van der Waals surface area contributed by atoms with Crippen molar-refractivity contribution in [3.05, 3.63) is 46.0 Å². The molecular weight excluding hydrogens is 270 g/mol. The second-order valence-corrected chi connectivity index (χ2v) is 5.68. The van der Waals surface area contributed by atoms with Crippen molar-refractivity contribution in [1.82, 2.24) is 4.90 Å². The fraction of sp³-hybridized carbons (Fsp3) is 0.375. The van der Waals surface area contributed by atoms with E-state index >= 15 is 0 Å². The summed E-state index contributed by atoms with van der Waals surface area (Å²) in [6.07, 6.45) is 3.91. The molecule has 0 aliphatic heterocycles. The molecule has 0 fully saturated rings. The number of unbranched alkanes of at least 4 members (excludes halogenated alkanes) is 1. The van der Waals surface area contributed by atoms with Crippen LogP contribution in [-0.2, 0) is 0 Å². The molecule has 1 aliphatic rings. The second kappa shape index (κ2) is 6.27. The smallest absolute Gasteiger partial charge is 0.211 e. The maximum absolute atomic E-state index is 12.7. The van der Waals surface area contributed by atoms with Gasteiger partial charge in [0.2, 0.25) is 11.6 Å². The number of Topliss-reactive ketones (excluding diaryl/α,β-unsaturated/α-hetero) is 2. The fourth-order valence-electron chi connectivity index (χ4n) is 2.38. The predicted octanol–water partition coefficient (Wildman–Crippen LogP) is 3.37. The summed E-state index contributed by atoms with van der Waals surface area (Å²) in [5.41, 5.74) is 1.60. The number of thioether (sulfide) groups is 1. The lowest BCUT2D eigenvalue weighted by Gasteiger charge is -2.27. The van der Waals surface area contributed by atoms with Crippen LogP contribution in [0, 0.1) is 0 Å². The highest BCUT2D eigenvalue weighted by Gasteiger charge is 2.33. The minimum Gasteiger partial charge on any atom is -0.370 e. The van der Waals surface area contributed by atoms with E-state index in [-0.39, 0.29) is 11.6 Å². The highest BCUT2D eigenvalue weighted by Crippen LogP contribution is 2.32. The summed E-state index contributed by atoms with van der Waals surface area (Å²) in [7, 11) is 1.89. The summed E-state index contributed by atoms with van der Waals surface area (Å²) in [5, 5.41) is 0. The van der Waals surface area contributed by atoms with Crippen LogP contribution in [0.3, 0.4) is 0 Å². The van der Waals surface area contributed by atoms with Crippen molar-refractivity contribution < 1.29 is 9.59 Å². The molecule has 0 saturated carbocycles. The van der Waals surface area contributed by atoms with Gasteiger partial charge >= 0.3 is 0 Å². The molecule has 1 aliphatic carbocycles. The van der Waals surface area contributed by atoms with E-state index in [1.165, 1.54) is 11.8 Å². The average Bonchev–Trinajstić information content (AvgIpc) is 2.48. The van der Waals surface area contributed by atoms with E-state index in [0.717, 1.165) is 19.4 Å². The van der Waals surface area contributed by atoms with Gasteiger partial charge in [-0.15, -0.1) is 11.8 Å². The van der Waals surface area contributed by atoms with Crippen LogP contribution in [0.2, 0.25) is 0 Å². The zero-order valence-electron chi connectivity index (χ0n) is 12.1. The van der Waals surface area contributed by atoms with Crippen LogP contribution in [-0.4, -0.2) is 36.3 Å². The molecule has 1 aromatic rings. The monoisotopic (exact) mass is 289 g/mol. The van der Waals surface area contributed by atoms with Crippen molar-refractivity contribution in [2.24, 2.45) is 0 Å². The quantitative estimate of drug-likeness (QED) is 0.833. The number of likely N-dealkylation sites (N-methyl/N-ethyl adjacent to an activating group) is 1. The number of rotatable bonds is 5. The Morgan fingerprint density at radius 3 is 2.25 bits per heavy atom. The molecule has 0 amide bonds. The maximum atomic E-state index is 12.7. The molecule has 4 heteroatoms. The summed E-state index contributed by atoms with van der Waals surface area (Å²) in [6, 6.07) is 7.07. The Kier molecular flexibility index (Phi) is 4.65. The van der Waals surface area contributed by atoms with Crippen LogP contribution in [0.25, 0.3) is 0 Å². The molecule has 0 radical (unpaired) electrons. The molecule has 0 unspecified atom stereocenters. The molecular formula is C16H19NO2S. The van der Waals surface area contributed by atoms with Crippen molar-refractivity contribution in [1.29, 1.82) is 0 Å². The van der Waals surface area contributed by atoms with Gasteiger partial charge in [-0.3, -0.25) is 9.59 Å². The number of carbonyl (C=O) groups excluding carboxylic acids is 2. The van der Waals surface area contributed by atoms with Crippen LogP contribution in [0.5, 0.6) is 0 Å². The van der Waals surface area contributed by atoms with Crippen LogP contribution in [0.4, 0.5) is 0 Å². The number of hydrogen-bond acceptors (Lipinski definition) is 4. The van der Waals surface area contributed by atoms with Crippen molar-refractivity contribution in [2.45, 2.75) is 19.8 Å². The maximum Gasteiger partial charge on any atom is 0.211 e. The summed E-state index contributed by atoms with van der Waals surface area (Å²) in [6.45, 7) is 2.90. The number of allylic oxidation sites excluding steroid dienone is 2. The fourth-order valence-corrected chi connectivity index (χ4v) is 3.12. The zero-order chi connectivity index (χ0) is 14.7. The topological polar surface area (TPSA) is 37.4 Å². The Labute approximate surface area is 124 Å². The lowest BCUT2D eigenvalue weighted by Crippen LogP contribution is -2.31. The van der Waals surface area contributed by atoms with Crippen molar-refractivity contribution in [3.63, 3.8) is 0 Å². The molecule has 0 bridgehead atoms. The molecule has 3 nitrogen and oxygen atoms in total. The first-order valence-electron chi connectivity index (χ1n) is 6.79. The molecule has 0 N–H and O–H groups in total. The van der Waals surface area contributed by atoms with E-state index in [9.17, 15) is 9.59 Å². The SMILES string of the molecule is CCCCN(C)C1=C(SC)C(=O)c2ccccc2C1=O. The number of hydrogen-bond donors (Lipinski definition) is 0. The highest BCUT2D eigenvalue weighted by molar-refractivity contribution is 8.03. The molecule has 0 atom stereocenters. The minimum absolute atomic E-state index is 0.0361. The highest BCUT2D eigenvalue weighted by atomic mass is 32.2. The summed E-state index contributed by atoms with van der Waals surface area (Å²) >= 11 is 1.36. The van der Waals surface area contributed by atoms with E-state index in [2.05, 4.69) is 6.92 Å². The van der Waals surface area contributed by atoms with Gasteiger partial charge in [0.25, 0.3) is 0 Å². The van der Waals surface area contributed by atoms with E-state index < -0.39 is 0 Å². The third kappa shape index (κ3) is 2.52. The number of nitrogens with zero attached hydrogens (tertiary/aromatic N) is 1. The molecule has 0 saturated heterocycles. The number of benzene rings is 1. The van der Waals surface area contributed by atoms with E-state index in [1.54, 1.807) is 24.3 Å². The van der Waals surface area contributed by atoms with Crippen LogP contribution in [0.15, 0.2) is 34.9 Å². The molecule has 0 spiro atoms. The lowest BCUT2D eigenvalue weighted by molar-refractivity contribution is 0.0954.